The molecule has 0 radical (unpaired) electrons. The predicted molar refractivity (Wildman–Crippen MR) is 108 cm³/mol. The maximum Gasteiger partial charge on any atom is 0.253 e. The van der Waals surface area contributed by atoms with Gasteiger partial charge in [0, 0.05) is 30.8 Å². The molecule has 156 valence electrons. The lowest BCUT2D eigenvalue weighted by atomic mass is 10.1. The molecule has 0 aliphatic heterocycles. The first-order chi connectivity index (χ1) is 13.8. The minimum absolute atomic E-state index is 0.0694. The molecule has 2 aromatic rings. The van der Waals surface area contributed by atoms with Crippen LogP contribution < -0.4 is 9.46 Å². The van der Waals surface area contributed by atoms with E-state index < -0.39 is 21.7 Å². The zero-order valence-corrected chi connectivity index (χ0v) is 17.3. The van der Waals surface area contributed by atoms with E-state index in [1.165, 1.54) is 36.3 Å². The van der Waals surface area contributed by atoms with Gasteiger partial charge in [-0.05, 0) is 37.1 Å². The second-order valence-electron chi connectivity index (χ2n) is 7.22. The van der Waals surface area contributed by atoms with E-state index in [4.69, 9.17) is 4.74 Å². The number of rotatable bonds is 7. The van der Waals surface area contributed by atoms with Gasteiger partial charge in [-0.3, -0.25) is 4.79 Å². The molecule has 0 unspecified atom stereocenters. The Hall–Kier alpha value is -2.45. The number of ether oxygens (including phenoxy) is 1. The molecule has 3 rings (SSSR count). The molecule has 1 aliphatic rings. The summed E-state index contributed by atoms with van der Waals surface area (Å²) in [4.78, 5) is 14.1. The topological polar surface area (TPSA) is 75.7 Å². The molecule has 1 saturated carbocycles. The van der Waals surface area contributed by atoms with Gasteiger partial charge in [-0.25, -0.2) is 17.5 Å². The summed E-state index contributed by atoms with van der Waals surface area (Å²) in [6.45, 7) is 0.0694. The summed E-state index contributed by atoms with van der Waals surface area (Å²) in [5, 5.41) is 0. The van der Waals surface area contributed by atoms with Crippen molar-refractivity contribution in [2.24, 2.45) is 0 Å². The summed E-state index contributed by atoms with van der Waals surface area (Å²) in [6, 6.07) is 10.4. The van der Waals surface area contributed by atoms with Crippen molar-refractivity contribution in [3.8, 4) is 5.75 Å². The highest BCUT2D eigenvalue weighted by Gasteiger charge is 2.27. The van der Waals surface area contributed by atoms with Crippen LogP contribution in [0.4, 0.5) is 4.39 Å². The third kappa shape index (κ3) is 4.94. The van der Waals surface area contributed by atoms with E-state index in [9.17, 15) is 17.6 Å². The average Bonchev–Trinajstić information content (AvgIpc) is 3.21. The SMILES string of the molecule is COc1ccc(C(=O)N(C)Cc2ccccc2F)cc1S(=O)(=O)NC1CCCC1. The molecule has 1 aliphatic carbocycles. The Bertz CT molecular complexity index is 988. The second-order valence-corrected chi connectivity index (χ2v) is 8.90. The number of methoxy groups -OCH3 is 1. The van der Waals surface area contributed by atoms with Gasteiger partial charge in [-0.2, -0.15) is 0 Å². The van der Waals surface area contributed by atoms with Crippen molar-refractivity contribution < 1.29 is 22.3 Å². The molecule has 1 fully saturated rings. The second kappa shape index (κ2) is 8.92. The lowest BCUT2D eigenvalue weighted by molar-refractivity contribution is 0.0783. The maximum absolute atomic E-state index is 13.9. The minimum atomic E-state index is -3.84. The number of nitrogens with one attached hydrogen (secondary N) is 1. The van der Waals surface area contributed by atoms with Gasteiger partial charge in [0.05, 0.1) is 7.11 Å². The van der Waals surface area contributed by atoms with Gasteiger partial charge in [0.15, 0.2) is 0 Å². The molecule has 8 heteroatoms. The Kier molecular flexibility index (Phi) is 6.54. The molecule has 29 heavy (non-hydrogen) atoms. The first kappa shape index (κ1) is 21.3. The summed E-state index contributed by atoms with van der Waals surface area (Å²) in [5.41, 5.74) is 0.573. The number of carbonyl (C=O) groups is 1. The highest BCUT2D eigenvalue weighted by Crippen LogP contribution is 2.28. The Morgan fingerprint density at radius 2 is 1.90 bits per heavy atom. The Morgan fingerprint density at radius 3 is 2.55 bits per heavy atom. The van der Waals surface area contributed by atoms with Crippen molar-refractivity contribution in [3.63, 3.8) is 0 Å². The van der Waals surface area contributed by atoms with Crippen LogP contribution in [0.2, 0.25) is 0 Å². The van der Waals surface area contributed by atoms with Crippen molar-refractivity contribution in [3.05, 3.63) is 59.4 Å². The average molecular weight is 421 g/mol. The van der Waals surface area contributed by atoms with Crippen LogP contribution in [0.5, 0.6) is 5.75 Å². The zero-order valence-electron chi connectivity index (χ0n) is 16.5. The van der Waals surface area contributed by atoms with Crippen LogP contribution in [0.15, 0.2) is 47.4 Å². The van der Waals surface area contributed by atoms with Crippen molar-refractivity contribution in [2.75, 3.05) is 14.2 Å². The van der Waals surface area contributed by atoms with Crippen molar-refractivity contribution >= 4 is 15.9 Å². The Balaban J connectivity index is 1.85. The molecule has 6 nitrogen and oxygen atoms in total. The first-order valence-electron chi connectivity index (χ1n) is 9.51. The van der Waals surface area contributed by atoms with E-state index in [1.54, 1.807) is 25.2 Å². The van der Waals surface area contributed by atoms with Crippen molar-refractivity contribution in [1.82, 2.24) is 9.62 Å². The molecule has 0 atom stereocenters. The molecule has 2 aromatic carbocycles. The smallest absolute Gasteiger partial charge is 0.253 e. The summed E-state index contributed by atoms with van der Waals surface area (Å²) in [5.74, 6) is -0.636. The number of benzene rings is 2. The van der Waals surface area contributed by atoms with E-state index in [1.807, 2.05) is 0 Å². The van der Waals surface area contributed by atoms with Crippen LogP contribution in [0, 0.1) is 5.82 Å². The Morgan fingerprint density at radius 1 is 1.21 bits per heavy atom. The standard InChI is InChI=1S/C21H25FN2O4S/c1-24(14-16-7-3-6-10-18(16)22)21(25)15-11-12-19(28-2)20(13-15)29(26,27)23-17-8-4-5-9-17/h3,6-7,10-13,17,23H,4-5,8-9,14H2,1-2H3. The highest BCUT2D eigenvalue weighted by atomic mass is 32.2. The number of carbonyl (C=O) groups excluding carboxylic acids is 1. The lowest BCUT2D eigenvalue weighted by Crippen LogP contribution is -2.33. The molecular formula is C21H25FN2O4S. The van der Waals surface area contributed by atoms with Crippen LogP contribution in [0.1, 0.15) is 41.6 Å². The van der Waals surface area contributed by atoms with Gasteiger partial charge < -0.3 is 9.64 Å². The van der Waals surface area contributed by atoms with Crippen LogP contribution in [0.25, 0.3) is 0 Å². The molecular weight excluding hydrogens is 395 g/mol. The third-order valence-corrected chi connectivity index (χ3v) is 6.63. The molecule has 0 aromatic heterocycles. The van der Waals surface area contributed by atoms with Crippen molar-refractivity contribution in [1.29, 1.82) is 0 Å². The fourth-order valence-corrected chi connectivity index (χ4v) is 5.02. The normalized spacial score (nSPS) is 14.7. The molecule has 1 amide bonds. The summed E-state index contributed by atoms with van der Waals surface area (Å²) >= 11 is 0. The van der Waals surface area contributed by atoms with Crippen LogP contribution in [-0.2, 0) is 16.6 Å². The van der Waals surface area contributed by atoms with Gasteiger partial charge in [-0.1, -0.05) is 31.0 Å². The van der Waals surface area contributed by atoms with Crippen molar-refractivity contribution in [2.45, 2.75) is 43.2 Å². The molecule has 0 heterocycles. The van der Waals surface area contributed by atoms with Gasteiger partial charge in [-0.15, -0.1) is 0 Å². The minimum Gasteiger partial charge on any atom is -0.495 e. The summed E-state index contributed by atoms with van der Waals surface area (Å²) < 4.78 is 47.6. The van der Waals surface area contributed by atoms with Gasteiger partial charge in [0.25, 0.3) is 5.91 Å². The Labute approximate surface area is 170 Å². The van der Waals surface area contributed by atoms with Crippen LogP contribution in [-0.4, -0.2) is 39.4 Å². The quantitative estimate of drug-likeness (QED) is 0.746. The first-order valence-corrected chi connectivity index (χ1v) is 11.0. The van der Waals surface area contributed by atoms with Gasteiger partial charge in [0.1, 0.15) is 16.5 Å². The number of amides is 1. The van der Waals surface area contributed by atoms with Gasteiger partial charge in [0.2, 0.25) is 10.0 Å². The number of hydrogen-bond donors (Lipinski definition) is 1. The number of hydrogen-bond acceptors (Lipinski definition) is 4. The molecule has 1 N–H and O–H groups in total. The van der Waals surface area contributed by atoms with E-state index in [-0.39, 0.29) is 28.8 Å². The molecule has 0 saturated heterocycles. The van der Waals surface area contributed by atoms with Gasteiger partial charge >= 0.3 is 0 Å². The van der Waals surface area contributed by atoms with E-state index >= 15 is 0 Å². The summed E-state index contributed by atoms with van der Waals surface area (Å²) in [7, 11) is -0.909. The highest BCUT2D eigenvalue weighted by molar-refractivity contribution is 7.89. The fourth-order valence-electron chi connectivity index (χ4n) is 3.52. The number of sulfonamides is 1. The molecule has 0 spiro atoms. The monoisotopic (exact) mass is 420 g/mol. The van der Waals surface area contributed by atoms with E-state index in [0.29, 0.717) is 5.56 Å². The number of nitrogens with zero attached hydrogens (tertiary/aromatic N) is 1. The fraction of sp³-hybridized carbons (Fsp3) is 0.381. The van der Waals surface area contributed by atoms with Crippen LogP contribution >= 0.6 is 0 Å². The number of halogens is 1. The third-order valence-electron chi connectivity index (χ3n) is 5.09. The predicted octanol–water partition coefficient (Wildman–Crippen LogP) is 3.33. The van der Waals surface area contributed by atoms with Crippen LogP contribution in [0.3, 0.4) is 0 Å². The lowest BCUT2D eigenvalue weighted by Gasteiger charge is -2.19. The van der Waals surface area contributed by atoms with E-state index in [0.717, 1.165) is 25.7 Å². The maximum atomic E-state index is 13.9. The summed E-state index contributed by atoms with van der Waals surface area (Å²) in [6.07, 6.45) is 3.57. The molecule has 0 bridgehead atoms. The zero-order chi connectivity index (χ0) is 21.0. The van der Waals surface area contributed by atoms with E-state index in [2.05, 4.69) is 4.72 Å². The largest absolute Gasteiger partial charge is 0.495 e.